The van der Waals surface area contributed by atoms with Gasteiger partial charge in [0.05, 0.1) is 0 Å². The first-order chi connectivity index (χ1) is 13.6. The second-order valence-electron chi connectivity index (χ2n) is 7.03. The van der Waals surface area contributed by atoms with Gasteiger partial charge in [0.2, 0.25) is 0 Å². The van der Waals surface area contributed by atoms with E-state index in [4.69, 9.17) is 0 Å². The van der Waals surface area contributed by atoms with Crippen molar-refractivity contribution in [2.75, 3.05) is 38.0 Å². The summed E-state index contributed by atoms with van der Waals surface area (Å²) >= 11 is 0. The van der Waals surface area contributed by atoms with Crippen LogP contribution in [0.5, 0.6) is 0 Å². The summed E-state index contributed by atoms with van der Waals surface area (Å²) in [5.74, 6) is -1.29. The maximum Gasteiger partial charge on any atom is 0.313 e. The first kappa shape index (κ1) is 20.0. The average Bonchev–Trinajstić information content (AvgIpc) is 2.74. The standard InChI is InChI=1S/C22H28N4O2/c1-2-25-12-14-26(15-13-25)17-19-8-10-20(11-9-19)24-22(28)21(27)23-16-18-6-4-3-5-7-18/h3-11H,2,12-17H2,1H3,(H,23,27)(H,24,28). The Bertz CT molecular complexity index is 769. The molecular weight excluding hydrogens is 352 g/mol. The summed E-state index contributed by atoms with van der Waals surface area (Å²) in [6.45, 7) is 8.93. The van der Waals surface area contributed by atoms with Crippen molar-refractivity contribution in [1.29, 1.82) is 0 Å². The number of rotatable bonds is 6. The quantitative estimate of drug-likeness (QED) is 0.753. The molecule has 0 saturated carbocycles. The maximum atomic E-state index is 12.1. The summed E-state index contributed by atoms with van der Waals surface area (Å²) in [5, 5.41) is 5.28. The van der Waals surface area contributed by atoms with Crippen molar-refractivity contribution >= 4 is 17.5 Å². The number of amides is 2. The van der Waals surface area contributed by atoms with Crippen molar-refractivity contribution in [3.05, 3.63) is 65.7 Å². The molecule has 1 fully saturated rings. The Kier molecular flexibility index (Phi) is 7.17. The van der Waals surface area contributed by atoms with Gasteiger partial charge in [-0.1, -0.05) is 49.4 Å². The van der Waals surface area contributed by atoms with Crippen molar-refractivity contribution in [3.8, 4) is 0 Å². The molecule has 1 aliphatic heterocycles. The smallest absolute Gasteiger partial charge is 0.313 e. The van der Waals surface area contributed by atoms with Crippen LogP contribution in [0.25, 0.3) is 0 Å². The molecule has 1 saturated heterocycles. The van der Waals surface area contributed by atoms with E-state index in [-0.39, 0.29) is 0 Å². The zero-order valence-electron chi connectivity index (χ0n) is 16.4. The fourth-order valence-corrected chi connectivity index (χ4v) is 3.26. The van der Waals surface area contributed by atoms with Gasteiger partial charge in [-0.25, -0.2) is 0 Å². The predicted octanol–water partition coefficient (Wildman–Crippen LogP) is 2.08. The highest BCUT2D eigenvalue weighted by molar-refractivity contribution is 6.39. The molecule has 2 N–H and O–H groups in total. The largest absolute Gasteiger partial charge is 0.344 e. The number of nitrogens with one attached hydrogen (secondary N) is 2. The molecule has 0 aromatic heterocycles. The normalized spacial score (nSPS) is 15.2. The Hall–Kier alpha value is -2.70. The SMILES string of the molecule is CCN1CCN(Cc2ccc(NC(=O)C(=O)NCc3ccccc3)cc2)CC1. The van der Waals surface area contributed by atoms with Crippen LogP contribution in [0, 0.1) is 0 Å². The summed E-state index contributed by atoms with van der Waals surface area (Å²) in [4.78, 5) is 28.9. The third-order valence-corrected chi connectivity index (χ3v) is 5.03. The first-order valence-electron chi connectivity index (χ1n) is 9.81. The summed E-state index contributed by atoms with van der Waals surface area (Å²) in [6.07, 6.45) is 0. The lowest BCUT2D eigenvalue weighted by Gasteiger charge is -2.34. The van der Waals surface area contributed by atoms with Crippen LogP contribution in [0.1, 0.15) is 18.1 Å². The van der Waals surface area contributed by atoms with Gasteiger partial charge in [-0.15, -0.1) is 0 Å². The molecular formula is C22H28N4O2. The summed E-state index contributed by atoms with van der Waals surface area (Å²) in [6, 6.07) is 17.2. The van der Waals surface area contributed by atoms with Crippen molar-refractivity contribution < 1.29 is 9.59 Å². The van der Waals surface area contributed by atoms with Gasteiger partial charge in [0.25, 0.3) is 0 Å². The molecule has 2 aromatic rings. The minimum Gasteiger partial charge on any atom is -0.344 e. The van der Waals surface area contributed by atoms with E-state index in [2.05, 4.69) is 27.4 Å². The van der Waals surface area contributed by atoms with E-state index < -0.39 is 11.8 Å². The molecule has 0 bridgehead atoms. The molecule has 0 atom stereocenters. The highest BCUT2D eigenvalue weighted by Gasteiger charge is 2.16. The number of anilines is 1. The molecule has 3 rings (SSSR count). The van der Waals surface area contributed by atoms with Crippen molar-refractivity contribution in [3.63, 3.8) is 0 Å². The second-order valence-corrected chi connectivity index (χ2v) is 7.03. The Balaban J connectivity index is 1.44. The molecule has 1 heterocycles. The third kappa shape index (κ3) is 5.90. The van der Waals surface area contributed by atoms with Gasteiger partial charge in [0.15, 0.2) is 0 Å². The number of nitrogens with zero attached hydrogens (tertiary/aromatic N) is 2. The number of benzene rings is 2. The lowest BCUT2D eigenvalue weighted by molar-refractivity contribution is -0.136. The van der Waals surface area contributed by atoms with E-state index in [9.17, 15) is 9.59 Å². The molecule has 2 aromatic carbocycles. The molecule has 148 valence electrons. The predicted molar refractivity (Wildman–Crippen MR) is 111 cm³/mol. The fraction of sp³-hybridized carbons (Fsp3) is 0.364. The molecule has 0 radical (unpaired) electrons. The molecule has 6 nitrogen and oxygen atoms in total. The van der Waals surface area contributed by atoms with Gasteiger partial charge in [-0.2, -0.15) is 0 Å². The van der Waals surface area contributed by atoms with E-state index in [1.807, 2.05) is 54.6 Å². The average molecular weight is 380 g/mol. The minimum absolute atomic E-state index is 0.331. The van der Waals surface area contributed by atoms with Crippen molar-refractivity contribution in [2.24, 2.45) is 0 Å². The van der Waals surface area contributed by atoms with E-state index in [1.54, 1.807) is 0 Å². The maximum absolute atomic E-state index is 12.1. The Labute approximate surface area is 166 Å². The number of hydrogen-bond donors (Lipinski definition) is 2. The highest BCUT2D eigenvalue weighted by Crippen LogP contribution is 2.13. The lowest BCUT2D eigenvalue weighted by atomic mass is 10.1. The van der Waals surface area contributed by atoms with Crippen LogP contribution in [-0.4, -0.2) is 54.3 Å². The molecule has 6 heteroatoms. The zero-order chi connectivity index (χ0) is 19.8. The Morgan fingerprint density at radius 1 is 0.821 bits per heavy atom. The summed E-state index contributed by atoms with van der Waals surface area (Å²) in [5.41, 5.74) is 2.78. The van der Waals surface area contributed by atoms with Gasteiger partial charge in [0.1, 0.15) is 0 Å². The van der Waals surface area contributed by atoms with E-state index in [1.165, 1.54) is 5.56 Å². The van der Waals surface area contributed by atoms with Crippen LogP contribution in [0.15, 0.2) is 54.6 Å². The Morgan fingerprint density at radius 2 is 1.46 bits per heavy atom. The number of carbonyl (C=O) groups excluding carboxylic acids is 2. The van der Waals surface area contributed by atoms with Gasteiger partial charge >= 0.3 is 11.8 Å². The highest BCUT2D eigenvalue weighted by atomic mass is 16.2. The first-order valence-corrected chi connectivity index (χ1v) is 9.81. The number of hydrogen-bond acceptors (Lipinski definition) is 4. The number of piperazine rings is 1. The van der Waals surface area contributed by atoms with E-state index in [0.717, 1.165) is 44.8 Å². The summed E-state index contributed by atoms with van der Waals surface area (Å²) < 4.78 is 0. The van der Waals surface area contributed by atoms with Crippen LogP contribution >= 0.6 is 0 Å². The molecule has 28 heavy (non-hydrogen) atoms. The molecule has 0 aliphatic carbocycles. The van der Waals surface area contributed by atoms with Crippen LogP contribution in [0.2, 0.25) is 0 Å². The van der Waals surface area contributed by atoms with Crippen LogP contribution < -0.4 is 10.6 Å². The lowest BCUT2D eigenvalue weighted by Crippen LogP contribution is -2.45. The number of carbonyl (C=O) groups is 2. The van der Waals surface area contributed by atoms with Gasteiger partial charge < -0.3 is 15.5 Å². The van der Waals surface area contributed by atoms with E-state index in [0.29, 0.717) is 12.2 Å². The van der Waals surface area contributed by atoms with Crippen LogP contribution in [-0.2, 0) is 22.7 Å². The van der Waals surface area contributed by atoms with Crippen molar-refractivity contribution in [1.82, 2.24) is 15.1 Å². The molecule has 0 spiro atoms. The fourth-order valence-electron chi connectivity index (χ4n) is 3.26. The van der Waals surface area contributed by atoms with Crippen molar-refractivity contribution in [2.45, 2.75) is 20.0 Å². The minimum atomic E-state index is -0.653. The zero-order valence-corrected chi connectivity index (χ0v) is 16.4. The summed E-state index contributed by atoms with van der Waals surface area (Å²) in [7, 11) is 0. The van der Waals surface area contributed by atoms with Gasteiger partial charge in [-0.05, 0) is 29.8 Å². The molecule has 0 unspecified atom stereocenters. The molecule has 2 amide bonds. The monoisotopic (exact) mass is 380 g/mol. The number of likely N-dealkylation sites (N-methyl/N-ethyl adjacent to an activating group) is 1. The second kappa shape index (κ2) is 10.0. The topological polar surface area (TPSA) is 64.7 Å². The van der Waals surface area contributed by atoms with Gasteiger partial charge in [0, 0.05) is 45.0 Å². The van der Waals surface area contributed by atoms with Crippen LogP contribution in [0.3, 0.4) is 0 Å². The molecule has 1 aliphatic rings. The van der Waals surface area contributed by atoms with Gasteiger partial charge in [-0.3, -0.25) is 14.5 Å². The third-order valence-electron chi connectivity index (χ3n) is 5.03. The van der Waals surface area contributed by atoms with Crippen LogP contribution in [0.4, 0.5) is 5.69 Å². The van der Waals surface area contributed by atoms with E-state index >= 15 is 0 Å². The Morgan fingerprint density at radius 3 is 2.11 bits per heavy atom.